The quantitative estimate of drug-likeness (QED) is 0.408. The maximum Gasteiger partial charge on any atom is 3.00 e. The minimum atomic E-state index is -0.211. The fourth-order valence-corrected chi connectivity index (χ4v) is 0.203. The monoisotopic (exact) mass is 190 g/mol. The second-order valence-corrected chi connectivity index (χ2v) is 0.925. The van der Waals surface area contributed by atoms with Gasteiger partial charge in [-0.05, 0) is 6.92 Å². The summed E-state index contributed by atoms with van der Waals surface area (Å²) in [4.78, 5) is 9.82. The minimum absolute atomic E-state index is 0. The molecule has 0 rings (SSSR count). The van der Waals surface area contributed by atoms with Crippen molar-refractivity contribution in [1.29, 1.82) is 0 Å². The maximum absolute atomic E-state index is 9.82. The molecule has 0 aliphatic carbocycles. The Labute approximate surface area is 87.3 Å². The second-order valence-electron chi connectivity index (χ2n) is 0.925. The van der Waals surface area contributed by atoms with Crippen molar-refractivity contribution in [2.45, 2.75) is 13.8 Å². The normalized spacial score (nSPS) is 4.18. The SMILES string of the molecule is CCOC(C)=O.[Al+3].[Al+3].[O-2].[O-2].[O-2]. The van der Waals surface area contributed by atoms with Gasteiger partial charge in [-0.2, -0.15) is 0 Å². The first-order chi connectivity index (χ1) is 2.77. The van der Waals surface area contributed by atoms with E-state index >= 15 is 0 Å². The van der Waals surface area contributed by atoms with E-state index in [2.05, 4.69) is 4.74 Å². The van der Waals surface area contributed by atoms with E-state index in [1.165, 1.54) is 6.92 Å². The number of rotatable bonds is 1. The summed E-state index contributed by atoms with van der Waals surface area (Å²) in [7, 11) is 0. The smallest absolute Gasteiger partial charge is 2.00 e. The maximum atomic E-state index is 9.82. The molecule has 0 radical (unpaired) electrons. The van der Waals surface area contributed by atoms with Gasteiger partial charge in [0.1, 0.15) is 0 Å². The van der Waals surface area contributed by atoms with Crippen molar-refractivity contribution in [3.05, 3.63) is 0 Å². The molecule has 0 amide bonds. The van der Waals surface area contributed by atoms with Crippen LogP contribution in [0.15, 0.2) is 0 Å². The zero-order valence-corrected chi connectivity index (χ0v) is 8.71. The standard InChI is InChI=1S/C4H8O2.2Al.3O/c1-3-6-4(2)5;;;;;/h3H2,1-2H3;;;;;/q;2*+3;3*-2. The van der Waals surface area contributed by atoms with Crippen molar-refractivity contribution in [3.63, 3.8) is 0 Å². The van der Waals surface area contributed by atoms with E-state index in [1.807, 2.05) is 0 Å². The Hall–Kier alpha value is 0.415. The molecule has 0 aromatic carbocycles. The topological polar surface area (TPSA) is 112 Å². The number of carbonyl (C=O) groups is 1. The summed E-state index contributed by atoms with van der Waals surface area (Å²) in [5.41, 5.74) is 0. The molecule has 0 unspecified atom stereocenters. The van der Waals surface area contributed by atoms with Gasteiger partial charge in [-0.15, -0.1) is 0 Å². The number of hydrogen-bond donors (Lipinski definition) is 0. The molecule has 0 aliphatic rings. The van der Waals surface area contributed by atoms with Crippen molar-refractivity contribution in [2.24, 2.45) is 0 Å². The summed E-state index contributed by atoms with van der Waals surface area (Å²) in [5.74, 6) is -0.211. The Morgan fingerprint density at radius 2 is 1.45 bits per heavy atom. The van der Waals surface area contributed by atoms with Crippen LogP contribution in [0, 0.1) is 0 Å². The van der Waals surface area contributed by atoms with Crippen molar-refractivity contribution < 1.29 is 26.0 Å². The van der Waals surface area contributed by atoms with Crippen LogP contribution in [0.2, 0.25) is 0 Å². The predicted octanol–water partition coefficient (Wildman–Crippen LogP) is -0.549. The Morgan fingerprint density at radius 1 is 1.18 bits per heavy atom. The zero-order chi connectivity index (χ0) is 4.99. The van der Waals surface area contributed by atoms with Gasteiger partial charge in [0, 0.05) is 6.92 Å². The molecule has 0 aromatic heterocycles. The van der Waals surface area contributed by atoms with Crippen LogP contribution in [0.1, 0.15) is 13.8 Å². The molecule has 0 bridgehead atoms. The average molecular weight is 190 g/mol. The Bertz CT molecular complexity index is 60.4. The summed E-state index contributed by atoms with van der Waals surface area (Å²) >= 11 is 0. The van der Waals surface area contributed by atoms with Gasteiger partial charge in [0.05, 0.1) is 6.61 Å². The second kappa shape index (κ2) is 31.5. The van der Waals surface area contributed by atoms with Crippen LogP contribution < -0.4 is 0 Å². The van der Waals surface area contributed by atoms with Crippen LogP contribution in [-0.4, -0.2) is 47.3 Å². The van der Waals surface area contributed by atoms with Gasteiger partial charge in [0.2, 0.25) is 0 Å². The molecule has 0 fully saturated rings. The largest absolute Gasteiger partial charge is 3.00 e. The fraction of sp³-hybridized carbons (Fsp3) is 0.750. The molecular weight excluding hydrogens is 182 g/mol. The van der Waals surface area contributed by atoms with Crippen LogP contribution in [0.25, 0.3) is 0 Å². The molecule has 7 heteroatoms. The van der Waals surface area contributed by atoms with Crippen molar-refractivity contribution in [2.75, 3.05) is 6.61 Å². The van der Waals surface area contributed by atoms with Gasteiger partial charge in [-0.3, -0.25) is 4.79 Å². The minimum Gasteiger partial charge on any atom is -2.00 e. The van der Waals surface area contributed by atoms with E-state index in [4.69, 9.17) is 0 Å². The molecule has 0 aromatic rings. The van der Waals surface area contributed by atoms with Crippen molar-refractivity contribution >= 4 is 40.7 Å². The van der Waals surface area contributed by atoms with E-state index in [0.29, 0.717) is 6.61 Å². The molecule has 0 heterocycles. The molecule has 0 atom stereocenters. The Morgan fingerprint density at radius 3 is 1.45 bits per heavy atom. The van der Waals surface area contributed by atoms with E-state index in [9.17, 15) is 4.79 Å². The van der Waals surface area contributed by atoms with Gasteiger partial charge in [0.15, 0.2) is 0 Å². The van der Waals surface area contributed by atoms with Gasteiger partial charge in [-0.1, -0.05) is 0 Å². The molecule has 0 spiro atoms. The van der Waals surface area contributed by atoms with Crippen molar-refractivity contribution in [3.8, 4) is 0 Å². The van der Waals surface area contributed by atoms with Crippen LogP contribution in [0.5, 0.6) is 0 Å². The first-order valence-corrected chi connectivity index (χ1v) is 1.90. The summed E-state index contributed by atoms with van der Waals surface area (Å²) < 4.78 is 4.40. The third-order valence-corrected chi connectivity index (χ3v) is 0.348. The predicted molar refractivity (Wildman–Crippen MR) is 35.9 cm³/mol. The Kier molecular flexibility index (Phi) is 121. The first kappa shape index (κ1) is 42.2. The summed E-state index contributed by atoms with van der Waals surface area (Å²) in [5, 5.41) is 0. The van der Waals surface area contributed by atoms with Gasteiger partial charge in [-0.25, -0.2) is 0 Å². The number of hydrogen-bond acceptors (Lipinski definition) is 2. The van der Waals surface area contributed by atoms with Gasteiger partial charge < -0.3 is 21.2 Å². The van der Waals surface area contributed by atoms with Crippen LogP contribution in [-0.2, 0) is 26.0 Å². The van der Waals surface area contributed by atoms with Crippen molar-refractivity contribution in [1.82, 2.24) is 0 Å². The summed E-state index contributed by atoms with van der Waals surface area (Å²) in [6.07, 6.45) is 0. The number of esters is 1. The van der Waals surface area contributed by atoms with E-state index < -0.39 is 0 Å². The molecular formula is C4H8Al2O5. The van der Waals surface area contributed by atoms with Gasteiger partial charge >= 0.3 is 40.7 Å². The number of carbonyl (C=O) groups excluding carboxylic acids is 1. The Balaban J connectivity index is -0.0000000125. The molecule has 0 saturated heterocycles. The molecule has 11 heavy (non-hydrogen) atoms. The third kappa shape index (κ3) is 63.2. The molecule has 60 valence electrons. The molecule has 0 N–H and O–H groups in total. The molecule has 0 saturated carbocycles. The molecule has 0 aliphatic heterocycles. The number of ether oxygens (including phenoxy) is 1. The fourth-order valence-electron chi connectivity index (χ4n) is 0.203. The van der Waals surface area contributed by atoms with Gasteiger partial charge in [0.25, 0.3) is 0 Å². The average Bonchev–Trinajstić information content (AvgIpc) is 1.35. The van der Waals surface area contributed by atoms with E-state index in [0.717, 1.165) is 0 Å². The van der Waals surface area contributed by atoms with Crippen LogP contribution in [0.4, 0.5) is 0 Å². The molecule has 5 nitrogen and oxygen atoms in total. The summed E-state index contributed by atoms with van der Waals surface area (Å²) in [6, 6.07) is 0. The van der Waals surface area contributed by atoms with Crippen LogP contribution >= 0.6 is 0 Å². The van der Waals surface area contributed by atoms with E-state index in [1.54, 1.807) is 6.92 Å². The first-order valence-electron chi connectivity index (χ1n) is 1.90. The summed E-state index contributed by atoms with van der Waals surface area (Å²) in [6.45, 7) is 3.65. The zero-order valence-electron chi connectivity index (χ0n) is 6.40. The van der Waals surface area contributed by atoms with E-state index in [-0.39, 0.29) is 57.1 Å². The third-order valence-electron chi connectivity index (χ3n) is 0.348. The van der Waals surface area contributed by atoms with Crippen LogP contribution in [0.3, 0.4) is 0 Å².